The molecule has 0 aliphatic heterocycles. The van der Waals surface area contributed by atoms with Gasteiger partial charge in [-0.15, -0.1) is 23.5 Å². The summed E-state index contributed by atoms with van der Waals surface area (Å²) in [4.78, 5) is 28.6. The maximum absolute atomic E-state index is 12.3. The summed E-state index contributed by atoms with van der Waals surface area (Å²) in [6.07, 6.45) is 18.9. The molecule has 4 aromatic rings. The number of aliphatic hydroxyl groups is 4. The van der Waals surface area contributed by atoms with E-state index < -0.39 is 0 Å². The fourth-order valence-corrected chi connectivity index (χ4v) is 8.29. The number of hydrogen-bond donors (Lipinski definition) is 6. The molecular formula is C47H64N6O6S2+2. The number of aromatic nitrogens is 2. The Morgan fingerprint density at radius 3 is 1.16 bits per heavy atom. The molecule has 4 rings (SSSR count). The second-order valence-corrected chi connectivity index (χ2v) is 16.9. The fourth-order valence-electron chi connectivity index (χ4n) is 6.38. The summed E-state index contributed by atoms with van der Waals surface area (Å²) in [6, 6.07) is 24.3. The van der Waals surface area contributed by atoms with Crippen molar-refractivity contribution < 1.29 is 39.1 Å². The standard InChI is InChI=1S/C47H62N6O6S2/c54-33-29-52(30-34-55)44-13-9-40(10-14-44)5-7-42-17-25-50(26-18-42)23-1-3-46(58)48-21-37-60-39-61-38-22-49-47(59)4-2-24-51-27-19-43(20-28-51)8-6-41-11-15-45(16-12-41)53(31-35-56)32-36-57/h5-20,25-28,54-57H,1-4,21-24,29-39H2/p+2. The lowest BCUT2D eigenvalue weighted by Gasteiger charge is -2.22. The minimum atomic E-state index is 0.0384. The predicted octanol–water partition coefficient (Wildman–Crippen LogP) is 4.10. The monoisotopic (exact) mass is 872 g/mol. The molecule has 0 unspecified atom stereocenters. The van der Waals surface area contributed by atoms with E-state index in [9.17, 15) is 30.0 Å². The summed E-state index contributed by atoms with van der Waals surface area (Å²) in [5.41, 5.74) is 6.23. The van der Waals surface area contributed by atoms with Crippen LogP contribution in [0.3, 0.4) is 0 Å². The molecule has 12 nitrogen and oxygen atoms in total. The van der Waals surface area contributed by atoms with Crippen LogP contribution in [0.25, 0.3) is 24.3 Å². The number of carbonyl (C=O) groups excluding carboxylic acids is 2. The van der Waals surface area contributed by atoms with Crippen LogP contribution in [0.4, 0.5) is 11.4 Å². The number of rotatable bonds is 30. The van der Waals surface area contributed by atoms with Crippen molar-refractivity contribution in [3.8, 4) is 0 Å². The first-order valence-corrected chi connectivity index (χ1v) is 23.4. The average molecular weight is 873 g/mol. The third-order valence-corrected chi connectivity index (χ3v) is 12.0. The van der Waals surface area contributed by atoms with Gasteiger partial charge in [-0.1, -0.05) is 48.6 Å². The van der Waals surface area contributed by atoms with Gasteiger partial charge in [0.15, 0.2) is 24.8 Å². The number of nitrogens with zero attached hydrogens (tertiary/aromatic N) is 4. The lowest BCUT2D eigenvalue weighted by molar-refractivity contribution is -0.697. The van der Waals surface area contributed by atoms with Crippen LogP contribution in [-0.2, 0) is 22.7 Å². The van der Waals surface area contributed by atoms with Crippen LogP contribution in [0.2, 0.25) is 0 Å². The van der Waals surface area contributed by atoms with Crippen molar-refractivity contribution in [2.75, 3.05) is 92.1 Å². The molecule has 2 aromatic heterocycles. The summed E-state index contributed by atoms with van der Waals surface area (Å²) in [6.45, 7) is 4.91. The molecule has 0 spiro atoms. The highest BCUT2D eigenvalue weighted by atomic mass is 32.2. The third-order valence-electron chi connectivity index (χ3n) is 9.71. The molecule has 2 amide bonds. The number of amides is 2. The van der Waals surface area contributed by atoms with Gasteiger partial charge in [0.05, 0.1) is 26.4 Å². The highest BCUT2D eigenvalue weighted by molar-refractivity contribution is 8.16. The van der Waals surface area contributed by atoms with Gasteiger partial charge < -0.3 is 40.9 Å². The summed E-state index contributed by atoms with van der Waals surface area (Å²) in [5, 5.41) is 44.0. The van der Waals surface area contributed by atoms with E-state index in [1.165, 1.54) is 0 Å². The Morgan fingerprint density at radius 2 is 0.836 bits per heavy atom. The van der Waals surface area contributed by atoms with E-state index in [1.807, 2.05) is 83.1 Å². The van der Waals surface area contributed by atoms with Crippen molar-refractivity contribution in [2.45, 2.75) is 38.8 Å². The molecule has 61 heavy (non-hydrogen) atoms. The molecule has 0 fully saturated rings. The van der Waals surface area contributed by atoms with E-state index in [0.717, 1.165) is 76.2 Å². The molecule has 0 bridgehead atoms. The summed E-state index contributed by atoms with van der Waals surface area (Å²) in [5.74, 6) is 1.85. The van der Waals surface area contributed by atoms with Gasteiger partial charge in [-0.05, 0) is 46.5 Å². The van der Waals surface area contributed by atoms with E-state index >= 15 is 0 Å². The largest absolute Gasteiger partial charge is 0.395 e. The molecule has 14 heteroatoms. The Labute approximate surface area is 370 Å². The van der Waals surface area contributed by atoms with Crippen LogP contribution >= 0.6 is 23.5 Å². The summed E-state index contributed by atoms with van der Waals surface area (Å²) >= 11 is 3.57. The van der Waals surface area contributed by atoms with Crippen LogP contribution in [-0.4, -0.2) is 115 Å². The van der Waals surface area contributed by atoms with E-state index in [-0.39, 0.29) is 38.2 Å². The molecule has 2 aromatic carbocycles. The van der Waals surface area contributed by atoms with Gasteiger partial charge in [0.1, 0.15) is 13.1 Å². The van der Waals surface area contributed by atoms with Gasteiger partial charge in [0.25, 0.3) is 0 Å². The molecule has 0 aliphatic carbocycles. The Morgan fingerprint density at radius 1 is 0.508 bits per heavy atom. The molecule has 0 radical (unpaired) electrons. The zero-order valence-electron chi connectivity index (χ0n) is 35.2. The van der Waals surface area contributed by atoms with Crippen molar-refractivity contribution in [3.63, 3.8) is 0 Å². The highest BCUT2D eigenvalue weighted by Gasteiger charge is 2.09. The molecule has 6 N–H and O–H groups in total. The highest BCUT2D eigenvalue weighted by Crippen LogP contribution is 2.18. The van der Waals surface area contributed by atoms with Crippen molar-refractivity contribution in [1.82, 2.24) is 10.6 Å². The summed E-state index contributed by atoms with van der Waals surface area (Å²) in [7, 11) is 0. The third kappa shape index (κ3) is 19.7. The number of aliphatic hydroxyl groups excluding tert-OH is 4. The van der Waals surface area contributed by atoms with Crippen LogP contribution < -0.4 is 29.6 Å². The normalized spacial score (nSPS) is 11.3. The van der Waals surface area contributed by atoms with Gasteiger partial charge in [0, 0.05) is 117 Å². The van der Waals surface area contributed by atoms with Crippen LogP contribution in [0, 0.1) is 0 Å². The lowest BCUT2D eigenvalue weighted by atomic mass is 10.1. The topological polar surface area (TPSA) is 153 Å². The molecule has 0 saturated heterocycles. The summed E-state index contributed by atoms with van der Waals surface area (Å²) < 4.78 is 4.18. The molecule has 328 valence electrons. The second-order valence-electron chi connectivity index (χ2n) is 14.3. The Kier molecular flexibility index (Phi) is 23.7. The van der Waals surface area contributed by atoms with E-state index in [0.29, 0.717) is 52.1 Å². The Balaban J connectivity index is 0.969. The molecule has 0 saturated carbocycles. The SMILES string of the molecule is O=C(CCC[n+]1ccc(/C=C/c2ccc(N(CCO)CCO)cc2)cc1)NCCSCSCCNC(=O)CCC[n+]1ccc(/C=C/c2ccc(N(CCO)CCO)cc2)cc1. The van der Waals surface area contributed by atoms with Crippen molar-refractivity contribution in [2.24, 2.45) is 0 Å². The second kappa shape index (κ2) is 29.5. The number of hydrogen-bond acceptors (Lipinski definition) is 10. The van der Waals surface area contributed by atoms with Gasteiger partial charge in [-0.25, -0.2) is 9.13 Å². The van der Waals surface area contributed by atoms with Crippen molar-refractivity contribution >= 4 is 71.0 Å². The molecule has 0 atom stereocenters. The first-order valence-electron chi connectivity index (χ1n) is 21.1. The quantitative estimate of drug-likeness (QED) is 0.0257. The lowest BCUT2D eigenvalue weighted by Crippen LogP contribution is -2.34. The van der Waals surface area contributed by atoms with E-state index in [4.69, 9.17) is 0 Å². The van der Waals surface area contributed by atoms with E-state index in [1.54, 1.807) is 23.5 Å². The predicted molar refractivity (Wildman–Crippen MR) is 251 cm³/mol. The maximum Gasteiger partial charge on any atom is 0.220 e. The molecular weight excluding hydrogens is 809 g/mol. The van der Waals surface area contributed by atoms with E-state index in [2.05, 4.69) is 68.3 Å². The van der Waals surface area contributed by atoms with Gasteiger partial charge in [0.2, 0.25) is 11.8 Å². The molecule has 0 aliphatic rings. The number of aryl methyl sites for hydroxylation is 2. The minimum Gasteiger partial charge on any atom is -0.395 e. The number of benzene rings is 2. The maximum atomic E-state index is 12.3. The smallest absolute Gasteiger partial charge is 0.220 e. The zero-order valence-corrected chi connectivity index (χ0v) is 36.8. The number of pyridine rings is 2. The van der Waals surface area contributed by atoms with Crippen LogP contribution in [0.1, 0.15) is 47.9 Å². The first-order chi connectivity index (χ1) is 29.9. The van der Waals surface area contributed by atoms with Crippen LogP contribution in [0.5, 0.6) is 0 Å². The Hall–Kier alpha value is -4.70. The van der Waals surface area contributed by atoms with Crippen molar-refractivity contribution in [1.29, 1.82) is 0 Å². The Bertz CT molecular complexity index is 1730. The van der Waals surface area contributed by atoms with Gasteiger partial charge >= 0.3 is 0 Å². The minimum absolute atomic E-state index is 0.0384. The molecule has 2 heterocycles. The number of anilines is 2. The average Bonchev–Trinajstić information content (AvgIpc) is 3.28. The number of nitrogens with one attached hydrogen (secondary N) is 2. The van der Waals surface area contributed by atoms with Gasteiger partial charge in [-0.2, -0.15) is 0 Å². The van der Waals surface area contributed by atoms with Crippen LogP contribution in [0.15, 0.2) is 97.6 Å². The fraction of sp³-hybridized carbons (Fsp3) is 0.404. The van der Waals surface area contributed by atoms with Crippen molar-refractivity contribution in [3.05, 3.63) is 120 Å². The number of thioether (sulfide) groups is 2. The van der Waals surface area contributed by atoms with Gasteiger partial charge in [-0.3, -0.25) is 9.59 Å². The zero-order chi connectivity index (χ0) is 43.3. The number of carbonyl (C=O) groups is 2. The first kappa shape index (κ1) is 49.0.